The van der Waals surface area contributed by atoms with E-state index in [1.807, 2.05) is 0 Å². The van der Waals surface area contributed by atoms with Gasteiger partial charge in [0.25, 0.3) is 0 Å². The Labute approximate surface area is 200 Å². The zero-order valence-corrected chi connectivity index (χ0v) is 19.4. The van der Waals surface area contributed by atoms with E-state index in [-0.39, 0.29) is 6.04 Å². The van der Waals surface area contributed by atoms with Gasteiger partial charge in [0.15, 0.2) is 11.0 Å². The zero-order chi connectivity index (χ0) is 22.7. The summed E-state index contributed by atoms with van der Waals surface area (Å²) < 4.78 is 0. The third kappa shape index (κ3) is 3.90. The first-order chi connectivity index (χ1) is 16.2. The number of piperazine rings is 1. The number of rotatable bonds is 5. The largest absolute Gasteiger partial charge is 0.349 e. The minimum absolute atomic E-state index is 0.212. The van der Waals surface area contributed by atoms with E-state index in [9.17, 15) is 0 Å². The number of aromatic nitrogens is 2. The van der Waals surface area contributed by atoms with E-state index < -0.39 is 5.54 Å². The number of hydrogen-bond donors (Lipinski definition) is 0. The number of benzene rings is 3. The predicted molar refractivity (Wildman–Crippen MR) is 135 cm³/mol. The average Bonchev–Trinajstić information content (AvgIpc) is 2.87. The minimum atomic E-state index is -0.406. The Bertz CT molecular complexity index is 1090. The molecule has 1 unspecified atom stereocenters. The molecule has 4 aromatic rings. The van der Waals surface area contributed by atoms with Crippen molar-refractivity contribution in [1.82, 2.24) is 14.9 Å². The van der Waals surface area contributed by atoms with Crippen molar-refractivity contribution in [1.29, 1.82) is 0 Å². The molecule has 0 N–H and O–H groups in total. The van der Waals surface area contributed by atoms with Gasteiger partial charge in [-0.05, 0) is 23.6 Å². The fourth-order valence-corrected chi connectivity index (χ4v) is 5.38. The lowest BCUT2D eigenvalue weighted by Gasteiger charge is -2.51. The van der Waals surface area contributed by atoms with Crippen LogP contribution in [0.4, 0.5) is 5.82 Å². The van der Waals surface area contributed by atoms with Gasteiger partial charge >= 0.3 is 0 Å². The average molecular weight is 455 g/mol. The first kappa shape index (κ1) is 21.6. The monoisotopic (exact) mass is 454 g/mol. The van der Waals surface area contributed by atoms with Crippen LogP contribution in [0.3, 0.4) is 0 Å². The van der Waals surface area contributed by atoms with Crippen molar-refractivity contribution in [3.05, 3.63) is 125 Å². The number of hydrogen-bond acceptors (Lipinski definition) is 4. The van der Waals surface area contributed by atoms with E-state index in [2.05, 4.69) is 118 Å². The molecule has 1 aromatic heterocycles. The highest BCUT2D eigenvalue weighted by Gasteiger charge is 2.44. The fourth-order valence-electron chi connectivity index (χ4n) is 5.17. The second-order valence-corrected chi connectivity index (χ2v) is 8.83. The van der Waals surface area contributed by atoms with Crippen molar-refractivity contribution < 1.29 is 0 Å². The Kier molecular flexibility index (Phi) is 6.12. The number of anilines is 1. The van der Waals surface area contributed by atoms with Gasteiger partial charge in [-0.1, -0.05) is 103 Å². The van der Waals surface area contributed by atoms with Crippen LogP contribution in [0.25, 0.3) is 0 Å². The second-order valence-electron chi connectivity index (χ2n) is 8.47. The lowest BCUT2D eigenvalue weighted by atomic mass is 9.75. The maximum atomic E-state index is 6.41. The van der Waals surface area contributed by atoms with E-state index in [1.165, 1.54) is 16.7 Å². The minimum Gasteiger partial charge on any atom is -0.349 e. The SMILES string of the molecule is CC1CN(C(c2ccccc2)(c2ccccc2)c2ccccc2)CCN1c1nccnc1Cl. The maximum Gasteiger partial charge on any atom is 0.171 e. The van der Waals surface area contributed by atoms with Gasteiger partial charge in [0.05, 0.1) is 5.54 Å². The highest BCUT2D eigenvalue weighted by Crippen LogP contribution is 2.43. The van der Waals surface area contributed by atoms with Gasteiger partial charge in [0, 0.05) is 38.1 Å². The van der Waals surface area contributed by atoms with Crippen LogP contribution in [0.5, 0.6) is 0 Å². The van der Waals surface area contributed by atoms with E-state index in [4.69, 9.17) is 11.6 Å². The van der Waals surface area contributed by atoms with Gasteiger partial charge in [-0.3, -0.25) is 4.90 Å². The summed E-state index contributed by atoms with van der Waals surface area (Å²) >= 11 is 6.41. The summed E-state index contributed by atoms with van der Waals surface area (Å²) in [6, 6.07) is 32.7. The zero-order valence-electron chi connectivity index (χ0n) is 18.7. The van der Waals surface area contributed by atoms with Crippen molar-refractivity contribution in [3.63, 3.8) is 0 Å². The molecule has 0 radical (unpaired) electrons. The molecular formula is C28H27ClN4. The van der Waals surface area contributed by atoms with E-state index in [1.54, 1.807) is 12.4 Å². The molecule has 1 atom stereocenters. The molecule has 2 heterocycles. The molecule has 33 heavy (non-hydrogen) atoms. The Morgan fingerprint density at radius 3 is 1.67 bits per heavy atom. The molecule has 0 amide bonds. The molecule has 5 heteroatoms. The van der Waals surface area contributed by atoms with Crippen LogP contribution in [-0.4, -0.2) is 40.5 Å². The number of nitrogens with zero attached hydrogens (tertiary/aromatic N) is 4. The molecular weight excluding hydrogens is 428 g/mol. The van der Waals surface area contributed by atoms with Gasteiger partial charge in [-0.15, -0.1) is 0 Å². The lowest BCUT2D eigenvalue weighted by molar-refractivity contribution is 0.128. The molecule has 166 valence electrons. The van der Waals surface area contributed by atoms with Crippen LogP contribution in [0, 0.1) is 0 Å². The first-order valence-corrected chi connectivity index (χ1v) is 11.7. The Morgan fingerprint density at radius 1 is 0.727 bits per heavy atom. The molecule has 0 saturated carbocycles. The quantitative estimate of drug-likeness (QED) is 0.366. The van der Waals surface area contributed by atoms with Gasteiger partial charge < -0.3 is 4.90 Å². The summed E-state index contributed by atoms with van der Waals surface area (Å²) in [5.74, 6) is 0.760. The fraction of sp³-hybridized carbons (Fsp3) is 0.214. The Morgan fingerprint density at radius 2 is 1.21 bits per heavy atom. The van der Waals surface area contributed by atoms with Crippen LogP contribution in [0.2, 0.25) is 5.15 Å². The molecule has 1 aliphatic heterocycles. The summed E-state index contributed by atoms with van der Waals surface area (Å²) in [5, 5.41) is 0.457. The Balaban J connectivity index is 1.64. The maximum absolute atomic E-state index is 6.41. The van der Waals surface area contributed by atoms with Gasteiger partial charge in [0.2, 0.25) is 0 Å². The standard InChI is InChI=1S/C28H27ClN4/c1-22-21-32(19-20-33(22)27-26(29)30-17-18-31-27)28(23-11-5-2-6-12-23,24-13-7-3-8-14-24)25-15-9-4-10-16-25/h2-18,22H,19-21H2,1H3. The molecule has 4 nitrogen and oxygen atoms in total. The summed E-state index contributed by atoms with van der Waals surface area (Å²) in [6.07, 6.45) is 3.35. The van der Waals surface area contributed by atoms with Crippen LogP contribution in [0.15, 0.2) is 103 Å². The van der Waals surface area contributed by atoms with E-state index in [0.29, 0.717) is 5.15 Å². The summed E-state index contributed by atoms with van der Waals surface area (Å²) in [6.45, 7) is 4.76. The molecule has 1 fully saturated rings. The third-order valence-electron chi connectivity index (χ3n) is 6.58. The molecule has 0 bridgehead atoms. The topological polar surface area (TPSA) is 32.3 Å². The molecule has 5 rings (SSSR count). The van der Waals surface area contributed by atoms with E-state index >= 15 is 0 Å². The lowest BCUT2D eigenvalue weighted by Crippen LogP contribution is -2.60. The normalized spacial score (nSPS) is 17.2. The van der Waals surface area contributed by atoms with Gasteiger partial charge in [-0.25, -0.2) is 9.97 Å². The molecule has 0 aliphatic carbocycles. The molecule has 1 aliphatic rings. The smallest absolute Gasteiger partial charge is 0.171 e. The first-order valence-electron chi connectivity index (χ1n) is 11.4. The van der Waals surface area contributed by atoms with E-state index in [0.717, 1.165) is 25.5 Å². The Hall–Kier alpha value is -3.21. The van der Waals surface area contributed by atoms with Crippen molar-refractivity contribution in [2.45, 2.75) is 18.5 Å². The van der Waals surface area contributed by atoms with Crippen LogP contribution >= 0.6 is 11.6 Å². The van der Waals surface area contributed by atoms with Crippen molar-refractivity contribution >= 4 is 17.4 Å². The second kappa shape index (κ2) is 9.34. The van der Waals surface area contributed by atoms with Crippen LogP contribution < -0.4 is 4.90 Å². The highest BCUT2D eigenvalue weighted by molar-refractivity contribution is 6.31. The summed E-state index contributed by atoms with van der Waals surface area (Å²) in [4.78, 5) is 13.7. The van der Waals surface area contributed by atoms with Crippen LogP contribution in [-0.2, 0) is 5.54 Å². The van der Waals surface area contributed by atoms with Crippen molar-refractivity contribution in [3.8, 4) is 0 Å². The van der Waals surface area contributed by atoms with Crippen molar-refractivity contribution in [2.24, 2.45) is 0 Å². The van der Waals surface area contributed by atoms with Gasteiger partial charge in [0.1, 0.15) is 0 Å². The molecule has 3 aromatic carbocycles. The predicted octanol–water partition coefficient (Wildman–Crippen LogP) is 5.63. The third-order valence-corrected chi connectivity index (χ3v) is 6.85. The van der Waals surface area contributed by atoms with Crippen molar-refractivity contribution in [2.75, 3.05) is 24.5 Å². The summed E-state index contributed by atoms with van der Waals surface area (Å²) in [7, 11) is 0. The van der Waals surface area contributed by atoms with Crippen LogP contribution in [0.1, 0.15) is 23.6 Å². The molecule has 1 saturated heterocycles. The highest BCUT2D eigenvalue weighted by atomic mass is 35.5. The summed E-state index contributed by atoms with van der Waals surface area (Å²) in [5.41, 5.74) is 3.39. The van der Waals surface area contributed by atoms with Gasteiger partial charge in [-0.2, -0.15) is 0 Å². The molecule has 0 spiro atoms. The number of halogens is 1.